The van der Waals surface area contributed by atoms with Crippen LogP contribution in [0.15, 0.2) is 40.9 Å². The van der Waals surface area contributed by atoms with Crippen molar-refractivity contribution in [2.24, 2.45) is 5.84 Å². The van der Waals surface area contributed by atoms with E-state index in [1.54, 1.807) is 7.11 Å². The lowest BCUT2D eigenvalue weighted by molar-refractivity contribution is 0.405. The number of hydrogen-bond acceptors (Lipinski definition) is 3. The molecule has 0 amide bonds. The zero-order valence-corrected chi connectivity index (χ0v) is 14.3. The molecule has 0 heterocycles. The molecule has 2 aromatic carbocycles. The lowest BCUT2D eigenvalue weighted by atomic mass is 9.95. The molecule has 0 spiro atoms. The smallest absolute Gasteiger partial charge is 0.122 e. The van der Waals surface area contributed by atoms with Gasteiger partial charge in [0.15, 0.2) is 0 Å². The van der Waals surface area contributed by atoms with Crippen molar-refractivity contribution in [2.45, 2.75) is 19.4 Å². The molecule has 5 heteroatoms. The summed E-state index contributed by atoms with van der Waals surface area (Å²) in [5, 5.41) is 0.706. The van der Waals surface area contributed by atoms with E-state index >= 15 is 0 Å². The van der Waals surface area contributed by atoms with Crippen LogP contribution >= 0.6 is 27.5 Å². The van der Waals surface area contributed by atoms with E-state index in [0.717, 1.165) is 26.9 Å². The van der Waals surface area contributed by atoms with Gasteiger partial charge in [0, 0.05) is 9.50 Å². The largest absolute Gasteiger partial charge is 0.496 e. The van der Waals surface area contributed by atoms with Gasteiger partial charge in [0.25, 0.3) is 0 Å². The predicted octanol–water partition coefficient (Wildman–Crippen LogP) is 4.17. The molecule has 112 valence electrons. The molecule has 2 aromatic rings. The van der Waals surface area contributed by atoms with Crippen LogP contribution in [0.3, 0.4) is 0 Å². The predicted molar refractivity (Wildman–Crippen MR) is 90.7 cm³/mol. The van der Waals surface area contributed by atoms with E-state index in [1.165, 1.54) is 0 Å². The Labute approximate surface area is 138 Å². The molecule has 1 unspecified atom stereocenters. The van der Waals surface area contributed by atoms with Gasteiger partial charge in [-0.25, -0.2) is 0 Å². The number of rotatable bonds is 5. The molecule has 0 radical (unpaired) electrons. The number of benzene rings is 2. The summed E-state index contributed by atoms with van der Waals surface area (Å²) in [5.74, 6) is 6.60. The van der Waals surface area contributed by atoms with Gasteiger partial charge in [0.2, 0.25) is 0 Å². The Morgan fingerprint density at radius 3 is 2.71 bits per heavy atom. The minimum Gasteiger partial charge on any atom is -0.496 e. The van der Waals surface area contributed by atoms with Gasteiger partial charge in [0.1, 0.15) is 5.75 Å². The fourth-order valence-electron chi connectivity index (χ4n) is 2.37. The van der Waals surface area contributed by atoms with Crippen molar-refractivity contribution < 1.29 is 4.74 Å². The van der Waals surface area contributed by atoms with E-state index in [-0.39, 0.29) is 6.04 Å². The van der Waals surface area contributed by atoms with Crippen LogP contribution in [0.4, 0.5) is 0 Å². The normalized spacial score (nSPS) is 12.2. The van der Waals surface area contributed by atoms with Crippen molar-refractivity contribution in [3.8, 4) is 5.75 Å². The number of aryl methyl sites for hydroxylation is 1. The minimum atomic E-state index is -0.0353. The van der Waals surface area contributed by atoms with E-state index in [4.69, 9.17) is 22.2 Å². The highest BCUT2D eigenvalue weighted by atomic mass is 79.9. The summed E-state index contributed by atoms with van der Waals surface area (Å²) in [4.78, 5) is 0. The molecule has 0 aliphatic carbocycles. The maximum absolute atomic E-state index is 6.10. The molecule has 0 saturated carbocycles. The van der Waals surface area contributed by atoms with Crippen molar-refractivity contribution in [2.75, 3.05) is 7.11 Å². The van der Waals surface area contributed by atoms with E-state index in [2.05, 4.69) is 21.4 Å². The average molecular weight is 370 g/mol. The van der Waals surface area contributed by atoms with Gasteiger partial charge in [-0.3, -0.25) is 11.3 Å². The molecule has 1 atom stereocenters. The molecular weight excluding hydrogens is 352 g/mol. The molecular formula is C16H18BrClN2O. The molecule has 21 heavy (non-hydrogen) atoms. The summed E-state index contributed by atoms with van der Waals surface area (Å²) in [6.45, 7) is 2.05. The van der Waals surface area contributed by atoms with Crippen LogP contribution in [0, 0.1) is 6.92 Å². The van der Waals surface area contributed by atoms with Crippen LogP contribution < -0.4 is 16.0 Å². The number of methoxy groups -OCH3 is 1. The van der Waals surface area contributed by atoms with Gasteiger partial charge in [0.05, 0.1) is 13.2 Å². The first-order chi connectivity index (χ1) is 10.0. The van der Waals surface area contributed by atoms with Crippen molar-refractivity contribution in [1.29, 1.82) is 0 Å². The zero-order chi connectivity index (χ0) is 15.4. The third kappa shape index (κ3) is 3.98. The molecule has 0 fully saturated rings. The Balaban J connectivity index is 2.35. The molecule has 3 N–H and O–H groups in total. The second-order valence-electron chi connectivity index (χ2n) is 4.88. The zero-order valence-electron chi connectivity index (χ0n) is 12.0. The van der Waals surface area contributed by atoms with Crippen LogP contribution in [-0.4, -0.2) is 7.11 Å². The van der Waals surface area contributed by atoms with Gasteiger partial charge in [-0.15, -0.1) is 0 Å². The Kier molecular flexibility index (Phi) is 5.65. The first kappa shape index (κ1) is 16.3. The molecule has 3 nitrogen and oxygen atoms in total. The van der Waals surface area contributed by atoms with E-state index in [0.29, 0.717) is 11.4 Å². The van der Waals surface area contributed by atoms with Crippen LogP contribution in [0.1, 0.15) is 22.7 Å². The Bertz CT molecular complexity index is 634. The van der Waals surface area contributed by atoms with Gasteiger partial charge in [-0.1, -0.05) is 33.6 Å². The molecule has 2 rings (SSSR count). The number of ether oxygens (including phenoxy) is 1. The maximum Gasteiger partial charge on any atom is 0.122 e. The van der Waals surface area contributed by atoms with Crippen molar-refractivity contribution >= 4 is 27.5 Å². The Morgan fingerprint density at radius 2 is 2.05 bits per heavy atom. The molecule has 0 saturated heterocycles. The summed E-state index contributed by atoms with van der Waals surface area (Å²) < 4.78 is 6.43. The number of nitrogens with one attached hydrogen (secondary N) is 1. The van der Waals surface area contributed by atoms with E-state index in [1.807, 2.05) is 43.3 Å². The molecule has 0 bridgehead atoms. The van der Waals surface area contributed by atoms with Crippen LogP contribution in [0.2, 0.25) is 5.02 Å². The highest BCUT2D eigenvalue weighted by Crippen LogP contribution is 2.29. The summed E-state index contributed by atoms with van der Waals surface area (Å²) >= 11 is 9.60. The molecule has 0 aliphatic heterocycles. The van der Waals surface area contributed by atoms with Gasteiger partial charge in [-0.2, -0.15) is 0 Å². The Hall–Kier alpha value is -1.07. The van der Waals surface area contributed by atoms with Crippen LogP contribution in [0.25, 0.3) is 0 Å². The SMILES string of the molecule is COc1ccc(Br)cc1CC(NN)c1cc(Cl)ccc1C. The number of halogens is 2. The third-order valence-electron chi connectivity index (χ3n) is 3.48. The van der Waals surface area contributed by atoms with Gasteiger partial charge >= 0.3 is 0 Å². The van der Waals surface area contributed by atoms with Crippen LogP contribution in [0.5, 0.6) is 5.75 Å². The van der Waals surface area contributed by atoms with Crippen LogP contribution in [-0.2, 0) is 6.42 Å². The average Bonchev–Trinajstić information content (AvgIpc) is 2.47. The number of hydrogen-bond donors (Lipinski definition) is 2. The van der Waals surface area contributed by atoms with Gasteiger partial charge in [-0.05, 0) is 60.4 Å². The minimum absolute atomic E-state index is 0.0353. The molecule has 0 aliphatic rings. The number of hydrazine groups is 1. The summed E-state index contributed by atoms with van der Waals surface area (Å²) in [6.07, 6.45) is 0.709. The Morgan fingerprint density at radius 1 is 1.29 bits per heavy atom. The van der Waals surface area contributed by atoms with Crippen molar-refractivity contribution in [1.82, 2.24) is 5.43 Å². The molecule has 0 aromatic heterocycles. The lowest BCUT2D eigenvalue weighted by Crippen LogP contribution is -2.30. The lowest BCUT2D eigenvalue weighted by Gasteiger charge is -2.20. The van der Waals surface area contributed by atoms with E-state index < -0.39 is 0 Å². The highest BCUT2D eigenvalue weighted by molar-refractivity contribution is 9.10. The standard InChI is InChI=1S/C16H18BrClN2O/c1-10-3-5-13(18)9-14(10)15(20-19)8-11-7-12(17)4-6-16(11)21-2/h3-7,9,15,20H,8,19H2,1-2H3. The fraction of sp³-hybridized carbons (Fsp3) is 0.250. The van der Waals surface area contributed by atoms with E-state index in [9.17, 15) is 0 Å². The number of nitrogens with two attached hydrogens (primary N) is 1. The summed E-state index contributed by atoms with van der Waals surface area (Å²) in [6, 6.07) is 11.7. The highest BCUT2D eigenvalue weighted by Gasteiger charge is 2.16. The monoisotopic (exact) mass is 368 g/mol. The third-order valence-corrected chi connectivity index (χ3v) is 4.21. The first-order valence-corrected chi connectivity index (χ1v) is 7.77. The topological polar surface area (TPSA) is 47.3 Å². The second-order valence-corrected chi connectivity index (χ2v) is 6.23. The first-order valence-electron chi connectivity index (χ1n) is 6.59. The van der Waals surface area contributed by atoms with Gasteiger partial charge < -0.3 is 4.74 Å². The fourth-order valence-corrected chi connectivity index (χ4v) is 2.96. The summed E-state index contributed by atoms with van der Waals surface area (Å²) in [5.41, 5.74) is 6.19. The maximum atomic E-state index is 6.10. The second kappa shape index (κ2) is 7.27. The summed E-state index contributed by atoms with van der Waals surface area (Å²) in [7, 11) is 1.67. The van der Waals surface area contributed by atoms with Crippen molar-refractivity contribution in [3.63, 3.8) is 0 Å². The van der Waals surface area contributed by atoms with Crippen molar-refractivity contribution in [3.05, 3.63) is 62.6 Å². The quantitative estimate of drug-likeness (QED) is 0.614.